The van der Waals surface area contributed by atoms with E-state index in [-0.39, 0.29) is 5.82 Å². The summed E-state index contributed by atoms with van der Waals surface area (Å²) in [6.45, 7) is 7.87. The van der Waals surface area contributed by atoms with Gasteiger partial charge in [-0.3, -0.25) is 10.2 Å². The molecule has 188 valence electrons. The Labute approximate surface area is 214 Å². The van der Waals surface area contributed by atoms with Gasteiger partial charge in [0.25, 0.3) is 0 Å². The van der Waals surface area contributed by atoms with Gasteiger partial charge in [0.15, 0.2) is 0 Å². The number of aromatic nitrogens is 5. The van der Waals surface area contributed by atoms with E-state index in [0.29, 0.717) is 0 Å². The van der Waals surface area contributed by atoms with Gasteiger partial charge in [-0.1, -0.05) is 24.8 Å². The number of H-pyrrole nitrogens is 3. The number of aromatic amines is 3. The summed E-state index contributed by atoms with van der Waals surface area (Å²) >= 11 is 0. The maximum Gasteiger partial charge on any atom is 0.125 e. The standard InChI is InChI=1S/C29H30FN7/c1-18(21-16-32-33-17-21)8-9-26-19(2)29(36-35-26)28-15-25-24(6-5-7-27(25)34-28)20-12-22(30)14-23(13-20)31-10-11-37(3)4/h5-9,12-17,31,34-35H,2,10-11H2,1,3-4H3,(H,32,33)/b18-8+,26-9+. The third-order valence-corrected chi connectivity index (χ3v) is 6.37. The van der Waals surface area contributed by atoms with E-state index in [2.05, 4.69) is 48.2 Å². The highest BCUT2D eigenvalue weighted by molar-refractivity contribution is 5.98. The normalized spacial score (nSPS) is 12.7. The maximum atomic E-state index is 14.6. The van der Waals surface area contributed by atoms with Gasteiger partial charge in [-0.25, -0.2) is 4.39 Å². The number of allylic oxidation sites excluding steroid dienone is 2. The Kier molecular flexibility index (Phi) is 6.74. The first-order valence-corrected chi connectivity index (χ1v) is 12.1. The molecule has 2 aromatic carbocycles. The van der Waals surface area contributed by atoms with Crippen LogP contribution in [0.25, 0.3) is 51.6 Å². The van der Waals surface area contributed by atoms with Crippen LogP contribution in [0.4, 0.5) is 10.1 Å². The Bertz CT molecular complexity index is 1670. The van der Waals surface area contributed by atoms with Crippen LogP contribution < -0.4 is 15.9 Å². The van der Waals surface area contributed by atoms with Crippen molar-refractivity contribution < 1.29 is 4.39 Å². The zero-order valence-electron chi connectivity index (χ0n) is 21.2. The van der Waals surface area contributed by atoms with Crippen LogP contribution >= 0.6 is 0 Å². The number of likely N-dealkylation sites (N-methyl/N-ethyl adjacent to an activating group) is 1. The van der Waals surface area contributed by atoms with Gasteiger partial charge >= 0.3 is 0 Å². The van der Waals surface area contributed by atoms with Crippen LogP contribution in [0, 0.1) is 5.82 Å². The van der Waals surface area contributed by atoms with Crippen LogP contribution in [-0.4, -0.2) is 57.5 Å². The van der Waals surface area contributed by atoms with Crippen LogP contribution in [0.5, 0.6) is 0 Å². The molecule has 0 unspecified atom stereocenters. The second-order valence-corrected chi connectivity index (χ2v) is 9.38. The van der Waals surface area contributed by atoms with E-state index in [4.69, 9.17) is 0 Å². The van der Waals surface area contributed by atoms with E-state index in [9.17, 15) is 4.39 Å². The number of halogens is 1. The lowest BCUT2D eigenvalue weighted by molar-refractivity contribution is 0.425. The first-order chi connectivity index (χ1) is 17.9. The molecule has 0 amide bonds. The van der Waals surface area contributed by atoms with Crippen LogP contribution in [0.3, 0.4) is 0 Å². The molecule has 3 aromatic heterocycles. The molecule has 0 spiro atoms. The Morgan fingerprint density at radius 2 is 2.05 bits per heavy atom. The minimum Gasteiger partial charge on any atom is -0.384 e. The lowest BCUT2D eigenvalue weighted by atomic mass is 10.0. The van der Waals surface area contributed by atoms with Crippen molar-refractivity contribution >= 4 is 34.8 Å². The number of rotatable bonds is 8. The van der Waals surface area contributed by atoms with Gasteiger partial charge in [0.1, 0.15) is 11.5 Å². The third kappa shape index (κ3) is 5.24. The van der Waals surface area contributed by atoms with E-state index in [1.807, 2.05) is 63.6 Å². The maximum absolute atomic E-state index is 14.6. The minimum absolute atomic E-state index is 0.274. The van der Waals surface area contributed by atoms with Gasteiger partial charge < -0.3 is 15.2 Å². The van der Waals surface area contributed by atoms with Crippen molar-refractivity contribution in [1.82, 2.24) is 30.3 Å². The minimum atomic E-state index is -0.274. The van der Waals surface area contributed by atoms with E-state index < -0.39 is 0 Å². The average Bonchev–Trinajstić information content (AvgIpc) is 3.61. The highest BCUT2D eigenvalue weighted by Gasteiger charge is 2.13. The van der Waals surface area contributed by atoms with Gasteiger partial charge in [-0.2, -0.15) is 10.2 Å². The van der Waals surface area contributed by atoms with Crippen molar-refractivity contribution in [1.29, 1.82) is 0 Å². The molecule has 7 nitrogen and oxygen atoms in total. The summed E-state index contributed by atoms with van der Waals surface area (Å²) < 4.78 is 14.6. The number of anilines is 1. The molecule has 0 aliphatic heterocycles. The Morgan fingerprint density at radius 1 is 1.19 bits per heavy atom. The fourth-order valence-electron chi connectivity index (χ4n) is 4.32. The van der Waals surface area contributed by atoms with E-state index in [0.717, 1.165) is 73.9 Å². The molecule has 5 aromatic rings. The number of nitrogens with zero attached hydrogens (tertiary/aromatic N) is 3. The summed E-state index contributed by atoms with van der Waals surface area (Å²) in [4.78, 5) is 5.54. The fourth-order valence-corrected chi connectivity index (χ4v) is 4.32. The quantitative estimate of drug-likeness (QED) is 0.258. The number of fused-ring (bicyclic) bond motifs is 1. The zero-order valence-corrected chi connectivity index (χ0v) is 21.2. The van der Waals surface area contributed by atoms with Crippen molar-refractivity contribution in [3.63, 3.8) is 0 Å². The van der Waals surface area contributed by atoms with Gasteiger partial charge in [0.05, 0.1) is 17.2 Å². The first kappa shape index (κ1) is 24.3. The SMILES string of the molecule is C=c1c(-c2cc3c(-c4cc(F)cc(NCCN(C)C)c4)cccc3[nH]2)n[nH]/c1=C/C=C(\C)c1cn[nH]c1. The number of hydrogen-bond acceptors (Lipinski definition) is 4. The highest BCUT2D eigenvalue weighted by atomic mass is 19.1. The summed E-state index contributed by atoms with van der Waals surface area (Å²) in [5.74, 6) is -0.274. The largest absolute Gasteiger partial charge is 0.384 e. The molecular weight excluding hydrogens is 465 g/mol. The lowest BCUT2D eigenvalue weighted by Crippen LogP contribution is -2.21. The monoisotopic (exact) mass is 495 g/mol. The molecule has 0 aliphatic carbocycles. The Morgan fingerprint density at radius 3 is 2.84 bits per heavy atom. The summed E-state index contributed by atoms with van der Waals surface area (Å²) in [6, 6.07) is 13.1. The third-order valence-electron chi connectivity index (χ3n) is 6.37. The van der Waals surface area contributed by atoms with Gasteiger partial charge in [0, 0.05) is 46.7 Å². The van der Waals surface area contributed by atoms with Crippen LogP contribution in [0.1, 0.15) is 12.5 Å². The molecule has 0 bridgehead atoms. The van der Waals surface area contributed by atoms with Crippen LogP contribution in [0.15, 0.2) is 60.9 Å². The number of benzene rings is 2. The molecular formula is C29H30FN7. The molecule has 0 radical (unpaired) electrons. The smallest absolute Gasteiger partial charge is 0.125 e. The molecule has 5 rings (SSSR count). The fraction of sp³-hybridized carbons (Fsp3) is 0.172. The summed E-state index contributed by atoms with van der Waals surface area (Å²) in [6.07, 6.45) is 7.61. The van der Waals surface area contributed by atoms with Crippen LogP contribution in [0.2, 0.25) is 0 Å². The van der Waals surface area contributed by atoms with Crippen molar-refractivity contribution in [2.45, 2.75) is 6.92 Å². The Hall–Kier alpha value is -4.43. The second-order valence-electron chi connectivity index (χ2n) is 9.38. The molecule has 37 heavy (non-hydrogen) atoms. The number of hydrogen-bond donors (Lipinski definition) is 4. The van der Waals surface area contributed by atoms with E-state index in [1.165, 1.54) is 6.07 Å². The average molecular weight is 496 g/mol. The molecule has 0 atom stereocenters. The molecule has 0 fully saturated rings. The lowest BCUT2D eigenvalue weighted by Gasteiger charge is -2.13. The predicted molar refractivity (Wildman–Crippen MR) is 150 cm³/mol. The molecule has 0 saturated carbocycles. The van der Waals surface area contributed by atoms with Crippen molar-refractivity contribution in [3.05, 3.63) is 82.9 Å². The second kappa shape index (κ2) is 10.3. The summed E-state index contributed by atoms with van der Waals surface area (Å²) in [5.41, 5.74) is 7.16. The van der Waals surface area contributed by atoms with E-state index >= 15 is 0 Å². The highest BCUT2D eigenvalue weighted by Crippen LogP contribution is 2.33. The summed E-state index contributed by atoms with van der Waals surface area (Å²) in [5, 5.41) is 20.4. The molecule has 0 saturated heterocycles. The van der Waals surface area contributed by atoms with E-state index in [1.54, 1.807) is 12.3 Å². The number of nitrogens with one attached hydrogen (secondary N) is 4. The molecule has 3 heterocycles. The zero-order chi connectivity index (χ0) is 25.9. The Balaban J connectivity index is 1.49. The van der Waals surface area contributed by atoms with Crippen molar-refractivity contribution in [3.8, 4) is 22.5 Å². The first-order valence-electron chi connectivity index (χ1n) is 12.1. The van der Waals surface area contributed by atoms with Crippen molar-refractivity contribution in [2.75, 3.05) is 32.5 Å². The van der Waals surface area contributed by atoms with Gasteiger partial charge in [-0.15, -0.1) is 0 Å². The molecule has 8 heteroatoms. The van der Waals surface area contributed by atoms with Gasteiger partial charge in [0.2, 0.25) is 0 Å². The van der Waals surface area contributed by atoms with Crippen LogP contribution in [-0.2, 0) is 0 Å². The predicted octanol–water partition coefficient (Wildman–Crippen LogP) is 4.36. The molecule has 0 aliphatic rings. The topological polar surface area (TPSA) is 88.4 Å². The van der Waals surface area contributed by atoms with Gasteiger partial charge in [-0.05, 0) is 74.1 Å². The molecule has 4 N–H and O–H groups in total. The summed E-state index contributed by atoms with van der Waals surface area (Å²) in [7, 11) is 4.03. The van der Waals surface area contributed by atoms with Crippen molar-refractivity contribution in [2.24, 2.45) is 0 Å².